The molecule has 0 aliphatic rings. The average Bonchev–Trinajstić information content (AvgIpc) is 2.43. The Kier molecular flexibility index (Phi) is 7.68. The lowest BCUT2D eigenvalue weighted by atomic mass is 10.2. The zero-order valence-corrected chi connectivity index (χ0v) is 13.0. The highest BCUT2D eigenvalue weighted by molar-refractivity contribution is 9.10. The van der Waals surface area contributed by atoms with E-state index in [1.165, 1.54) is 18.2 Å². The highest BCUT2D eigenvalue weighted by Gasteiger charge is 2.01. The van der Waals surface area contributed by atoms with E-state index in [4.69, 9.17) is 5.11 Å². The number of carboxylic acid groups (broad SMARTS) is 1. The summed E-state index contributed by atoms with van der Waals surface area (Å²) in [5.74, 6) is -1.50. The zero-order chi connectivity index (χ0) is 15.7. The minimum absolute atomic E-state index is 0.149. The summed E-state index contributed by atoms with van der Waals surface area (Å²) >= 11 is 3.24. The molecule has 1 aromatic carbocycles. The minimum Gasteiger partial charge on any atom is -0.481 e. The van der Waals surface area contributed by atoms with E-state index < -0.39 is 11.8 Å². The van der Waals surface area contributed by atoms with Gasteiger partial charge >= 0.3 is 5.97 Å². The van der Waals surface area contributed by atoms with Crippen molar-refractivity contribution in [2.45, 2.75) is 25.7 Å². The van der Waals surface area contributed by atoms with E-state index in [1.54, 1.807) is 12.1 Å². The summed E-state index contributed by atoms with van der Waals surface area (Å²) in [4.78, 5) is 21.8. The maximum atomic E-state index is 13.4. The van der Waals surface area contributed by atoms with Crippen molar-refractivity contribution < 1.29 is 19.1 Å². The van der Waals surface area contributed by atoms with Crippen LogP contribution in [0.25, 0.3) is 6.08 Å². The van der Waals surface area contributed by atoms with Gasteiger partial charge in [-0.05, 0) is 37.1 Å². The largest absolute Gasteiger partial charge is 0.481 e. The number of halogens is 2. The molecule has 0 bridgehead atoms. The van der Waals surface area contributed by atoms with E-state index in [1.807, 2.05) is 0 Å². The van der Waals surface area contributed by atoms with Crippen molar-refractivity contribution >= 4 is 33.9 Å². The van der Waals surface area contributed by atoms with E-state index in [0.29, 0.717) is 18.5 Å². The van der Waals surface area contributed by atoms with Gasteiger partial charge in [0.2, 0.25) is 5.91 Å². The van der Waals surface area contributed by atoms with E-state index in [9.17, 15) is 14.0 Å². The van der Waals surface area contributed by atoms with Gasteiger partial charge < -0.3 is 10.4 Å². The number of unbranched alkanes of at least 4 members (excludes halogenated alkanes) is 2. The van der Waals surface area contributed by atoms with Gasteiger partial charge in [0.15, 0.2) is 0 Å². The lowest BCUT2D eigenvalue weighted by Crippen LogP contribution is -2.22. The second-order valence-corrected chi connectivity index (χ2v) is 5.41. The molecule has 4 nitrogen and oxygen atoms in total. The van der Waals surface area contributed by atoms with E-state index in [-0.39, 0.29) is 12.3 Å². The fourth-order valence-electron chi connectivity index (χ4n) is 1.66. The Balaban J connectivity index is 2.28. The number of carbonyl (C=O) groups excluding carboxylic acids is 1. The van der Waals surface area contributed by atoms with Crippen molar-refractivity contribution in [2.75, 3.05) is 6.54 Å². The van der Waals surface area contributed by atoms with Gasteiger partial charge in [-0.1, -0.05) is 22.4 Å². The highest BCUT2D eigenvalue weighted by Crippen LogP contribution is 2.16. The average molecular weight is 358 g/mol. The molecule has 21 heavy (non-hydrogen) atoms. The molecular formula is C15H17BrFNO3. The molecule has 0 aliphatic heterocycles. The number of nitrogens with one attached hydrogen (secondary N) is 1. The molecule has 0 atom stereocenters. The van der Waals surface area contributed by atoms with Crippen molar-refractivity contribution in [3.8, 4) is 0 Å². The van der Waals surface area contributed by atoms with Crippen LogP contribution in [0.4, 0.5) is 4.39 Å². The van der Waals surface area contributed by atoms with Crippen molar-refractivity contribution in [3.05, 3.63) is 40.1 Å². The minimum atomic E-state index is -0.807. The van der Waals surface area contributed by atoms with E-state index in [0.717, 1.165) is 17.3 Å². The molecule has 2 N–H and O–H groups in total. The van der Waals surface area contributed by atoms with Crippen LogP contribution in [0.15, 0.2) is 28.7 Å². The van der Waals surface area contributed by atoms with Gasteiger partial charge in [-0.2, -0.15) is 0 Å². The Labute approximate surface area is 131 Å². The molecule has 1 rings (SSSR count). The first-order valence-electron chi connectivity index (χ1n) is 6.62. The number of hydrogen-bond donors (Lipinski definition) is 2. The van der Waals surface area contributed by atoms with Gasteiger partial charge in [0, 0.05) is 29.1 Å². The number of carboxylic acids is 1. The van der Waals surface area contributed by atoms with Crippen LogP contribution < -0.4 is 5.32 Å². The molecule has 0 heterocycles. The summed E-state index contributed by atoms with van der Waals surface area (Å²) in [6.45, 7) is 0.476. The quantitative estimate of drug-likeness (QED) is 0.553. The lowest BCUT2D eigenvalue weighted by Gasteiger charge is -2.02. The monoisotopic (exact) mass is 357 g/mol. The molecule has 0 aromatic heterocycles. The number of hydrogen-bond acceptors (Lipinski definition) is 2. The van der Waals surface area contributed by atoms with Crippen molar-refractivity contribution in [2.24, 2.45) is 0 Å². The van der Waals surface area contributed by atoms with Gasteiger partial charge in [0.25, 0.3) is 0 Å². The third kappa shape index (κ3) is 7.60. The van der Waals surface area contributed by atoms with Crippen LogP contribution in [0.5, 0.6) is 0 Å². The van der Waals surface area contributed by atoms with Crippen LogP contribution in [0.3, 0.4) is 0 Å². The Morgan fingerprint density at radius 3 is 2.76 bits per heavy atom. The van der Waals surface area contributed by atoms with Crippen LogP contribution in [0, 0.1) is 5.82 Å². The molecule has 0 fully saturated rings. The van der Waals surface area contributed by atoms with Gasteiger partial charge in [-0.3, -0.25) is 9.59 Å². The van der Waals surface area contributed by atoms with Crippen LogP contribution in [-0.2, 0) is 9.59 Å². The van der Waals surface area contributed by atoms with Gasteiger partial charge in [-0.25, -0.2) is 4.39 Å². The number of rotatable bonds is 8. The first-order valence-corrected chi connectivity index (χ1v) is 7.41. The third-order valence-electron chi connectivity index (χ3n) is 2.74. The fraction of sp³-hybridized carbons (Fsp3) is 0.333. The predicted octanol–water partition coefficient (Wildman–Crippen LogP) is 3.36. The standard InChI is InChI=1S/C15H17BrFNO3/c16-12-6-7-13(17)11(10-12)5-8-14(19)18-9-3-1-2-4-15(20)21/h5-8,10H,1-4,9H2,(H,18,19)(H,20,21)/b8-5+. The summed E-state index contributed by atoms with van der Waals surface area (Å²) in [7, 11) is 0. The summed E-state index contributed by atoms with van der Waals surface area (Å²) in [5.41, 5.74) is 0.334. The molecule has 114 valence electrons. The second kappa shape index (κ2) is 9.28. The van der Waals surface area contributed by atoms with Crippen molar-refractivity contribution in [3.63, 3.8) is 0 Å². The Hall–Kier alpha value is -1.69. The maximum Gasteiger partial charge on any atom is 0.303 e. The molecule has 6 heteroatoms. The number of aliphatic carboxylic acids is 1. The topological polar surface area (TPSA) is 66.4 Å². The Morgan fingerprint density at radius 2 is 2.05 bits per heavy atom. The van der Waals surface area contributed by atoms with Crippen molar-refractivity contribution in [1.82, 2.24) is 5.32 Å². The maximum absolute atomic E-state index is 13.4. The number of benzene rings is 1. The zero-order valence-electron chi connectivity index (χ0n) is 11.4. The normalized spacial score (nSPS) is 10.8. The number of amides is 1. The van der Waals surface area contributed by atoms with Crippen molar-refractivity contribution in [1.29, 1.82) is 0 Å². The summed E-state index contributed by atoms with van der Waals surface area (Å²) in [6, 6.07) is 4.50. The molecule has 0 saturated heterocycles. The highest BCUT2D eigenvalue weighted by atomic mass is 79.9. The smallest absolute Gasteiger partial charge is 0.303 e. The first kappa shape index (κ1) is 17.4. The predicted molar refractivity (Wildman–Crippen MR) is 82.2 cm³/mol. The SMILES string of the molecule is O=C(O)CCCCCNC(=O)/C=C/c1cc(Br)ccc1F. The van der Waals surface area contributed by atoms with Gasteiger partial charge in [-0.15, -0.1) is 0 Å². The fourth-order valence-corrected chi connectivity index (χ4v) is 2.04. The second-order valence-electron chi connectivity index (χ2n) is 4.49. The molecule has 0 spiro atoms. The molecule has 0 radical (unpaired) electrons. The van der Waals surface area contributed by atoms with E-state index in [2.05, 4.69) is 21.2 Å². The molecule has 0 aliphatic carbocycles. The van der Waals surface area contributed by atoms with Crippen LogP contribution in [0.2, 0.25) is 0 Å². The lowest BCUT2D eigenvalue weighted by molar-refractivity contribution is -0.137. The molecular weight excluding hydrogens is 341 g/mol. The molecule has 1 amide bonds. The first-order chi connectivity index (χ1) is 9.99. The Morgan fingerprint density at radius 1 is 1.29 bits per heavy atom. The molecule has 0 saturated carbocycles. The summed E-state index contributed by atoms with van der Waals surface area (Å²) < 4.78 is 14.2. The summed E-state index contributed by atoms with van der Waals surface area (Å²) in [5, 5.41) is 11.1. The van der Waals surface area contributed by atoms with Crippen LogP contribution in [0.1, 0.15) is 31.2 Å². The third-order valence-corrected chi connectivity index (χ3v) is 3.23. The molecule has 0 unspecified atom stereocenters. The Bertz CT molecular complexity index is 532. The molecule has 1 aromatic rings. The van der Waals surface area contributed by atoms with E-state index >= 15 is 0 Å². The van der Waals surface area contributed by atoms with Gasteiger partial charge in [0.05, 0.1) is 0 Å². The summed E-state index contributed by atoms with van der Waals surface area (Å²) in [6.07, 6.45) is 4.91. The van der Waals surface area contributed by atoms with Gasteiger partial charge in [0.1, 0.15) is 5.82 Å². The van der Waals surface area contributed by atoms with Crippen LogP contribution in [-0.4, -0.2) is 23.5 Å². The number of carbonyl (C=O) groups is 2. The van der Waals surface area contributed by atoms with Crippen LogP contribution >= 0.6 is 15.9 Å².